The molecule has 0 amide bonds. The number of aromatic nitrogens is 3. The zero-order valence-electron chi connectivity index (χ0n) is 11.1. The number of carbonyl (C=O) groups is 1. The van der Waals surface area contributed by atoms with Crippen LogP contribution in [0.3, 0.4) is 0 Å². The van der Waals surface area contributed by atoms with Crippen molar-refractivity contribution in [2.75, 3.05) is 6.61 Å². The van der Waals surface area contributed by atoms with Crippen LogP contribution in [0.25, 0.3) is 11.4 Å². The number of nitrogens with zero attached hydrogens (tertiary/aromatic N) is 2. The van der Waals surface area contributed by atoms with Crippen LogP contribution in [0.1, 0.15) is 13.8 Å². The van der Waals surface area contributed by atoms with Crippen LogP contribution in [0.2, 0.25) is 0 Å². The second kappa shape index (κ2) is 6.90. The summed E-state index contributed by atoms with van der Waals surface area (Å²) >= 11 is 4.74. The Kier molecular flexibility index (Phi) is 5.19. The normalized spacial score (nSPS) is 12.2. The third-order valence-electron chi connectivity index (χ3n) is 2.49. The lowest BCUT2D eigenvalue weighted by Crippen LogP contribution is -2.16. The Morgan fingerprint density at radius 1 is 1.50 bits per heavy atom. The number of nitrogens with one attached hydrogen (secondary N) is 1. The molecule has 0 radical (unpaired) electrons. The van der Waals surface area contributed by atoms with Gasteiger partial charge in [0.15, 0.2) is 5.82 Å². The van der Waals surface area contributed by atoms with Crippen LogP contribution in [0.5, 0.6) is 0 Å². The number of ether oxygens (including phenoxy) is 1. The molecule has 0 bridgehead atoms. The number of halogens is 1. The maximum absolute atomic E-state index is 11.6. The number of rotatable bonds is 5. The molecular weight excluding hydrogens is 342 g/mol. The van der Waals surface area contributed by atoms with Crippen LogP contribution in [0.15, 0.2) is 33.9 Å². The van der Waals surface area contributed by atoms with Gasteiger partial charge in [0.05, 0.1) is 6.61 Å². The van der Waals surface area contributed by atoms with Crippen molar-refractivity contribution in [1.29, 1.82) is 0 Å². The summed E-state index contributed by atoms with van der Waals surface area (Å²) < 4.78 is 5.89. The lowest BCUT2D eigenvalue weighted by atomic mass is 10.2. The molecule has 0 fully saturated rings. The third-order valence-corrected chi connectivity index (χ3v) is 4.13. The van der Waals surface area contributed by atoms with Gasteiger partial charge in [-0.25, -0.2) is 4.98 Å². The first-order valence-corrected chi connectivity index (χ1v) is 7.79. The van der Waals surface area contributed by atoms with E-state index in [4.69, 9.17) is 4.74 Å². The van der Waals surface area contributed by atoms with Gasteiger partial charge in [0.2, 0.25) is 5.16 Å². The molecule has 1 aromatic carbocycles. The van der Waals surface area contributed by atoms with Gasteiger partial charge >= 0.3 is 5.97 Å². The maximum atomic E-state index is 11.6. The lowest BCUT2D eigenvalue weighted by Gasteiger charge is -2.06. The first kappa shape index (κ1) is 15.1. The van der Waals surface area contributed by atoms with Crippen molar-refractivity contribution < 1.29 is 9.53 Å². The minimum atomic E-state index is -0.335. The Hall–Kier alpha value is -1.34. The van der Waals surface area contributed by atoms with E-state index in [1.54, 1.807) is 13.8 Å². The van der Waals surface area contributed by atoms with Gasteiger partial charge in [0, 0.05) is 10.0 Å². The number of H-pyrrole nitrogens is 1. The summed E-state index contributed by atoms with van der Waals surface area (Å²) in [5.74, 6) is 0.403. The quantitative estimate of drug-likeness (QED) is 0.658. The Morgan fingerprint density at radius 2 is 2.25 bits per heavy atom. The van der Waals surface area contributed by atoms with E-state index in [1.807, 2.05) is 24.3 Å². The number of hydrogen-bond acceptors (Lipinski definition) is 5. The molecule has 106 valence electrons. The predicted octanol–water partition coefficient (Wildman–Crippen LogP) is 3.28. The largest absolute Gasteiger partial charge is 0.465 e. The summed E-state index contributed by atoms with van der Waals surface area (Å²) in [7, 11) is 0. The predicted molar refractivity (Wildman–Crippen MR) is 81.5 cm³/mol. The van der Waals surface area contributed by atoms with E-state index < -0.39 is 0 Å². The number of aromatic amines is 1. The molecule has 2 aromatic rings. The van der Waals surface area contributed by atoms with Crippen LogP contribution in [-0.2, 0) is 9.53 Å². The first-order valence-electron chi connectivity index (χ1n) is 6.12. The highest BCUT2D eigenvalue weighted by atomic mass is 79.9. The van der Waals surface area contributed by atoms with Gasteiger partial charge in [-0.15, -0.1) is 5.10 Å². The Bertz CT molecular complexity index is 603. The molecule has 0 aliphatic heterocycles. The van der Waals surface area contributed by atoms with E-state index in [-0.39, 0.29) is 11.2 Å². The van der Waals surface area contributed by atoms with Crippen LogP contribution in [-0.4, -0.2) is 33.0 Å². The third kappa shape index (κ3) is 3.61. The minimum absolute atomic E-state index is 0.259. The molecule has 1 N–H and O–H groups in total. The number of thioether (sulfide) groups is 1. The fraction of sp³-hybridized carbons (Fsp3) is 0.308. The van der Waals surface area contributed by atoms with Gasteiger partial charge in [-0.3, -0.25) is 9.89 Å². The Morgan fingerprint density at radius 3 is 2.95 bits per heavy atom. The van der Waals surface area contributed by atoms with E-state index in [0.29, 0.717) is 17.6 Å². The van der Waals surface area contributed by atoms with Gasteiger partial charge < -0.3 is 4.74 Å². The number of benzene rings is 1. The molecular formula is C13H14BrN3O2S. The van der Waals surface area contributed by atoms with E-state index in [0.717, 1.165) is 10.0 Å². The average molecular weight is 356 g/mol. The van der Waals surface area contributed by atoms with Gasteiger partial charge in [0.1, 0.15) is 5.25 Å². The van der Waals surface area contributed by atoms with Gasteiger partial charge in [-0.1, -0.05) is 45.9 Å². The summed E-state index contributed by atoms with van der Waals surface area (Å²) in [6, 6.07) is 7.73. The smallest absolute Gasteiger partial charge is 0.319 e. The Balaban J connectivity index is 2.10. The van der Waals surface area contributed by atoms with E-state index in [2.05, 4.69) is 31.1 Å². The molecule has 5 nitrogen and oxygen atoms in total. The molecule has 7 heteroatoms. The van der Waals surface area contributed by atoms with Crippen molar-refractivity contribution in [1.82, 2.24) is 15.2 Å². The summed E-state index contributed by atoms with van der Waals surface area (Å²) in [6.07, 6.45) is 0. The molecule has 1 atom stereocenters. The van der Waals surface area contributed by atoms with Gasteiger partial charge in [0.25, 0.3) is 0 Å². The van der Waals surface area contributed by atoms with Crippen molar-refractivity contribution in [2.24, 2.45) is 0 Å². The SMILES string of the molecule is CCOC(=O)C(C)Sc1n[nH]c(-c2ccccc2Br)n1. The molecule has 2 rings (SSSR count). The van der Waals surface area contributed by atoms with Crippen LogP contribution >= 0.6 is 27.7 Å². The second-order valence-corrected chi connectivity index (χ2v) is 6.12. The fourth-order valence-electron chi connectivity index (χ4n) is 1.54. The fourth-order valence-corrected chi connectivity index (χ4v) is 2.73. The number of carbonyl (C=O) groups excluding carboxylic acids is 1. The molecule has 0 aliphatic carbocycles. The van der Waals surface area contributed by atoms with E-state index in [1.165, 1.54) is 11.8 Å². The first-order chi connectivity index (χ1) is 9.61. The van der Waals surface area contributed by atoms with Crippen LogP contribution < -0.4 is 0 Å². The number of esters is 1. The highest BCUT2D eigenvalue weighted by Crippen LogP contribution is 2.27. The zero-order chi connectivity index (χ0) is 14.5. The molecule has 0 saturated heterocycles. The van der Waals surface area contributed by atoms with E-state index in [9.17, 15) is 4.79 Å². The summed E-state index contributed by atoms with van der Waals surface area (Å²) in [5, 5.41) is 7.18. The molecule has 0 saturated carbocycles. The second-order valence-electron chi connectivity index (χ2n) is 3.96. The zero-order valence-corrected chi connectivity index (χ0v) is 13.5. The van der Waals surface area contributed by atoms with Crippen molar-refractivity contribution in [3.05, 3.63) is 28.7 Å². The van der Waals surface area contributed by atoms with Gasteiger partial charge in [-0.2, -0.15) is 0 Å². The lowest BCUT2D eigenvalue weighted by molar-refractivity contribution is -0.142. The van der Waals surface area contributed by atoms with E-state index >= 15 is 0 Å². The molecule has 0 aliphatic rings. The van der Waals surface area contributed by atoms with Crippen LogP contribution in [0.4, 0.5) is 0 Å². The molecule has 1 unspecified atom stereocenters. The minimum Gasteiger partial charge on any atom is -0.465 e. The molecule has 1 heterocycles. The standard InChI is InChI=1S/C13H14BrN3O2S/c1-3-19-12(18)8(2)20-13-15-11(16-17-13)9-6-4-5-7-10(9)14/h4-8H,3H2,1-2H3,(H,15,16,17). The van der Waals surface area contributed by atoms with Gasteiger partial charge in [-0.05, 0) is 19.9 Å². The van der Waals surface area contributed by atoms with Crippen molar-refractivity contribution in [2.45, 2.75) is 24.3 Å². The molecule has 1 aromatic heterocycles. The van der Waals surface area contributed by atoms with Crippen molar-refractivity contribution >= 4 is 33.7 Å². The summed E-state index contributed by atoms with van der Waals surface area (Å²) in [4.78, 5) is 15.9. The van der Waals surface area contributed by atoms with Crippen molar-refractivity contribution in [3.8, 4) is 11.4 Å². The average Bonchev–Trinajstić information content (AvgIpc) is 2.87. The highest BCUT2D eigenvalue weighted by Gasteiger charge is 2.18. The Labute approximate surface area is 129 Å². The topological polar surface area (TPSA) is 67.9 Å². The summed E-state index contributed by atoms with van der Waals surface area (Å²) in [5.41, 5.74) is 0.927. The molecule has 20 heavy (non-hydrogen) atoms. The monoisotopic (exact) mass is 355 g/mol. The highest BCUT2D eigenvalue weighted by molar-refractivity contribution is 9.10. The number of hydrogen-bond donors (Lipinski definition) is 1. The van der Waals surface area contributed by atoms with Crippen molar-refractivity contribution in [3.63, 3.8) is 0 Å². The van der Waals surface area contributed by atoms with Crippen LogP contribution in [0, 0.1) is 0 Å². The molecule has 0 spiro atoms. The maximum Gasteiger partial charge on any atom is 0.319 e. The summed E-state index contributed by atoms with van der Waals surface area (Å²) in [6.45, 7) is 3.93.